The molecule has 85 heavy (non-hydrogen) atoms. The first-order chi connectivity index (χ1) is 40.5. The van der Waals surface area contributed by atoms with E-state index < -0.39 is 0 Å². The second kappa shape index (κ2) is 24.8. The van der Waals surface area contributed by atoms with Gasteiger partial charge in [-0.25, -0.2) is 27.4 Å². The predicted octanol–water partition coefficient (Wildman–Crippen LogP) is 6.35. The summed E-state index contributed by atoms with van der Waals surface area (Å²) in [6.07, 6.45) is 20.0. The van der Waals surface area contributed by atoms with Crippen LogP contribution in [-0.4, -0.2) is 13.7 Å². The number of halogens is 3. The fourth-order valence-electron chi connectivity index (χ4n) is 12.9. The summed E-state index contributed by atoms with van der Waals surface area (Å²) < 4.78 is 13.8. The Hall–Kier alpha value is -8.73. The molecule has 9 heteroatoms. The largest absolute Gasteiger partial charge is 1.00 e. The van der Waals surface area contributed by atoms with Crippen molar-refractivity contribution >= 4 is 64.6 Å². The summed E-state index contributed by atoms with van der Waals surface area (Å²) in [5, 5.41) is 15.5. The lowest BCUT2D eigenvalue weighted by Crippen LogP contribution is -3.00. The van der Waals surface area contributed by atoms with Crippen molar-refractivity contribution in [2.24, 2.45) is 0 Å². The van der Waals surface area contributed by atoms with Crippen LogP contribution in [0.4, 0.5) is 0 Å². The standard InChI is InChI=1S/C76H61N6.3BrH/c1-7-19-67-61(13-1)43-62-14-2-8-20-68(62)73(67)49-80-40-37-77(52-80)46-55-25-31-58(32-26-55)76(59-33-27-56(28-34-59)47-78-38-41-81(53-78)50-74-69-21-9-3-15-63(69)44-64-16-4-10-22-70(64)74)60-35-29-57(30-36-60)48-79-39-42-82(54-79)51-75-71-23-11-5-17-65(71)45-66-18-6-12-24-72(66)75;;;/h1-45,52-54,76H,46-51H2;3*1H/q+3;;;/p-3. The number of hydrogen-bond acceptors (Lipinski definition) is 0. The molecule has 0 amide bonds. The number of nitrogens with zero attached hydrogens (tertiary/aromatic N) is 6. The van der Waals surface area contributed by atoms with E-state index in [0.717, 1.165) is 39.3 Å². The zero-order valence-corrected chi connectivity index (χ0v) is 51.6. The molecular formula is C76H61Br3N6. The van der Waals surface area contributed by atoms with Crippen LogP contribution < -0.4 is 64.6 Å². The lowest BCUT2D eigenvalue weighted by atomic mass is 9.84. The van der Waals surface area contributed by atoms with Gasteiger partial charge in [0.2, 0.25) is 19.0 Å². The molecule has 15 aromatic rings. The minimum absolute atomic E-state index is 0. The van der Waals surface area contributed by atoms with E-state index in [1.165, 1.54) is 115 Å². The second-order valence-electron chi connectivity index (χ2n) is 22.3. The predicted molar refractivity (Wildman–Crippen MR) is 333 cm³/mol. The summed E-state index contributed by atoms with van der Waals surface area (Å²) in [5.74, 6) is 0.0508. The van der Waals surface area contributed by atoms with Crippen molar-refractivity contribution in [3.8, 4) is 0 Å². The van der Waals surface area contributed by atoms with E-state index in [1.54, 1.807) is 0 Å². The molecule has 0 spiro atoms. The van der Waals surface area contributed by atoms with Crippen molar-refractivity contribution in [2.45, 2.75) is 45.2 Å². The molecule has 3 heterocycles. The molecule has 416 valence electrons. The SMILES string of the molecule is [Br-].[Br-].[Br-].c1ccc2c(Cn3cc[n+](Cc4ccc(C(c5ccc(C[n+]6ccn(Cc7c8ccccc8cc8ccccc78)c6)cc5)c5ccc(C[n+]6ccn(Cc7c8ccccc8cc8ccccc78)c6)cc5)cc4)c3)c3ccccc3cc2c1. The maximum atomic E-state index is 2.34. The highest BCUT2D eigenvalue weighted by Crippen LogP contribution is 2.35. The maximum absolute atomic E-state index is 2.34. The van der Waals surface area contributed by atoms with Crippen LogP contribution in [0.5, 0.6) is 0 Å². The highest BCUT2D eigenvalue weighted by molar-refractivity contribution is 6.04. The normalized spacial score (nSPS) is 11.4. The molecule has 0 N–H and O–H groups in total. The first kappa shape index (κ1) is 56.7. The monoisotopic (exact) mass is 1290 g/mol. The molecule has 0 aliphatic heterocycles. The van der Waals surface area contributed by atoms with Crippen molar-refractivity contribution < 1.29 is 64.6 Å². The van der Waals surface area contributed by atoms with Crippen LogP contribution in [0, 0.1) is 0 Å². The topological polar surface area (TPSA) is 26.4 Å². The summed E-state index contributed by atoms with van der Waals surface area (Å²) in [6, 6.07) is 87.5. The van der Waals surface area contributed by atoms with Gasteiger partial charge < -0.3 is 50.9 Å². The van der Waals surface area contributed by atoms with E-state index in [9.17, 15) is 0 Å². The number of hydrogen-bond donors (Lipinski definition) is 0. The third-order valence-corrected chi connectivity index (χ3v) is 16.9. The number of rotatable bonds is 15. The maximum Gasteiger partial charge on any atom is 0.244 e. The zero-order chi connectivity index (χ0) is 54.3. The molecule has 0 saturated carbocycles. The Bertz CT molecular complexity index is 4180. The van der Waals surface area contributed by atoms with Crippen LogP contribution in [0.15, 0.2) is 293 Å². The average molecular weight is 1300 g/mol. The quantitative estimate of drug-likeness (QED) is 0.0651. The highest BCUT2D eigenvalue weighted by Gasteiger charge is 2.20. The van der Waals surface area contributed by atoms with E-state index in [4.69, 9.17) is 0 Å². The first-order valence-corrected chi connectivity index (χ1v) is 28.6. The minimum Gasteiger partial charge on any atom is -1.00 e. The molecule has 0 radical (unpaired) electrons. The Morgan fingerprint density at radius 2 is 0.494 bits per heavy atom. The lowest BCUT2D eigenvalue weighted by molar-refractivity contribution is -0.688. The van der Waals surface area contributed by atoms with E-state index in [1.807, 2.05) is 0 Å². The Balaban J connectivity index is 0.00000236. The van der Waals surface area contributed by atoms with Crippen molar-refractivity contribution in [1.82, 2.24) is 13.7 Å². The lowest BCUT2D eigenvalue weighted by Gasteiger charge is -2.20. The van der Waals surface area contributed by atoms with Gasteiger partial charge in [0.25, 0.3) is 0 Å². The molecule has 0 bridgehead atoms. The van der Waals surface area contributed by atoms with Gasteiger partial charge in [0.15, 0.2) is 0 Å². The number of imidazole rings is 3. The third-order valence-electron chi connectivity index (χ3n) is 16.9. The molecule has 15 rings (SSSR count). The Kier molecular flexibility index (Phi) is 16.6. The van der Waals surface area contributed by atoms with Gasteiger partial charge >= 0.3 is 0 Å². The Morgan fingerprint density at radius 1 is 0.271 bits per heavy atom. The fourth-order valence-corrected chi connectivity index (χ4v) is 12.9. The van der Waals surface area contributed by atoms with Crippen LogP contribution >= 0.6 is 0 Å². The zero-order valence-electron chi connectivity index (χ0n) is 46.8. The Morgan fingerprint density at radius 3 is 0.729 bits per heavy atom. The fraction of sp³-hybridized carbons (Fsp3) is 0.0921. The van der Waals surface area contributed by atoms with E-state index >= 15 is 0 Å². The van der Waals surface area contributed by atoms with Crippen molar-refractivity contribution in [2.75, 3.05) is 0 Å². The summed E-state index contributed by atoms with van der Waals surface area (Å²) in [4.78, 5) is 0. The van der Waals surface area contributed by atoms with E-state index in [-0.39, 0.29) is 56.9 Å². The third kappa shape index (κ3) is 11.6. The summed E-state index contributed by atoms with van der Waals surface area (Å²) in [6.45, 7) is 4.76. The Labute approximate surface area is 527 Å². The van der Waals surface area contributed by atoms with Crippen molar-refractivity contribution in [1.29, 1.82) is 0 Å². The average Bonchev–Trinajstić information content (AvgIpc) is 3.10. The molecule has 0 unspecified atom stereocenters. The van der Waals surface area contributed by atoms with Crippen molar-refractivity contribution in [3.63, 3.8) is 0 Å². The smallest absolute Gasteiger partial charge is 0.244 e. The summed E-state index contributed by atoms with van der Waals surface area (Å²) in [5.41, 5.74) is 11.7. The van der Waals surface area contributed by atoms with Crippen LogP contribution in [0.3, 0.4) is 0 Å². The van der Waals surface area contributed by atoms with Crippen LogP contribution in [0.1, 0.15) is 56.0 Å². The highest BCUT2D eigenvalue weighted by atomic mass is 79.9. The molecule has 0 atom stereocenters. The van der Waals surface area contributed by atoms with Gasteiger partial charge in [-0.1, -0.05) is 218 Å². The molecule has 0 aliphatic carbocycles. The van der Waals surface area contributed by atoms with Crippen molar-refractivity contribution in [3.05, 3.63) is 343 Å². The van der Waals surface area contributed by atoms with E-state index in [2.05, 4.69) is 320 Å². The molecule has 0 aliphatic rings. The van der Waals surface area contributed by atoms with Gasteiger partial charge in [0.05, 0.1) is 0 Å². The molecule has 6 nitrogen and oxygen atoms in total. The summed E-state index contributed by atoms with van der Waals surface area (Å²) in [7, 11) is 0. The number of fused-ring (bicyclic) bond motifs is 6. The van der Waals surface area contributed by atoms with Crippen LogP contribution in [0.2, 0.25) is 0 Å². The van der Waals surface area contributed by atoms with Gasteiger partial charge in [-0.3, -0.25) is 0 Å². The minimum atomic E-state index is 0. The first-order valence-electron chi connectivity index (χ1n) is 28.6. The number of benzene rings is 12. The molecule has 0 fully saturated rings. The van der Waals surface area contributed by atoms with E-state index in [0.29, 0.717) is 0 Å². The number of aromatic nitrogens is 6. The van der Waals surface area contributed by atoms with Gasteiger partial charge in [-0.05, 0) is 116 Å². The molecule has 12 aromatic carbocycles. The summed E-state index contributed by atoms with van der Waals surface area (Å²) >= 11 is 0. The molecular weight excluding hydrogens is 1240 g/mol. The van der Waals surface area contributed by atoms with Crippen LogP contribution in [0.25, 0.3) is 64.6 Å². The van der Waals surface area contributed by atoms with Gasteiger partial charge in [0, 0.05) is 22.6 Å². The van der Waals surface area contributed by atoms with Gasteiger partial charge in [0.1, 0.15) is 76.4 Å². The molecule has 0 saturated heterocycles. The van der Waals surface area contributed by atoms with Gasteiger partial charge in [-0.2, -0.15) is 0 Å². The second-order valence-corrected chi connectivity index (χ2v) is 22.3. The van der Waals surface area contributed by atoms with Gasteiger partial charge in [-0.15, -0.1) is 0 Å². The molecule has 3 aromatic heterocycles. The van der Waals surface area contributed by atoms with Crippen LogP contribution in [-0.2, 0) is 39.3 Å².